The second-order valence-corrected chi connectivity index (χ2v) is 6.72. The van der Waals surface area contributed by atoms with Crippen molar-refractivity contribution in [3.05, 3.63) is 34.0 Å². The van der Waals surface area contributed by atoms with Crippen molar-refractivity contribution in [1.29, 1.82) is 0 Å². The molecule has 2 aliphatic heterocycles. The number of rotatable bonds is 2. The maximum atomic E-state index is 12.3. The third-order valence-electron chi connectivity index (χ3n) is 4.52. The molecule has 6 heteroatoms. The largest absolute Gasteiger partial charge is 0.338 e. The Morgan fingerprint density at radius 1 is 1.24 bits per heavy atom. The molecule has 0 aromatic carbocycles. The topological polar surface area (TPSA) is 51.0 Å². The molecule has 0 spiro atoms. The van der Waals surface area contributed by atoms with E-state index in [1.54, 1.807) is 0 Å². The van der Waals surface area contributed by atoms with Crippen LogP contribution in [0, 0.1) is 0 Å². The minimum atomic E-state index is 0.176. The van der Waals surface area contributed by atoms with Gasteiger partial charge in [-0.3, -0.25) is 4.79 Å². The Labute approximate surface area is 127 Å². The van der Waals surface area contributed by atoms with Gasteiger partial charge in [-0.1, -0.05) is 6.07 Å². The molecule has 1 saturated heterocycles. The zero-order valence-electron chi connectivity index (χ0n) is 11.9. The van der Waals surface area contributed by atoms with Crippen LogP contribution < -0.4 is 0 Å². The normalized spacial score (nSPS) is 19.0. The minimum Gasteiger partial charge on any atom is -0.338 e. The van der Waals surface area contributed by atoms with Gasteiger partial charge in [0.15, 0.2) is 0 Å². The van der Waals surface area contributed by atoms with Crippen molar-refractivity contribution in [2.45, 2.75) is 38.1 Å². The molecule has 4 rings (SSSR count). The van der Waals surface area contributed by atoms with Gasteiger partial charge in [0.05, 0.1) is 4.88 Å². The summed E-state index contributed by atoms with van der Waals surface area (Å²) in [7, 11) is 0. The van der Waals surface area contributed by atoms with E-state index in [0.29, 0.717) is 5.92 Å². The lowest BCUT2D eigenvalue weighted by molar-refractivity contribution is 0.0715. The van der Waals surface area contributed by atoms with E-state index in [2.05, 4.69) is 14.8 Å². The number of carbonyl (C=O) groups excluding carboxylic acids is 1. The Kier molecular flexibility index (Phi) is 3.25. The first-order chi connectivity index (χ1) is 10.3. The third kappa shape index (κ3) is 2.27. The summed E-state index contributed by atoms with van der Waals surface area (Å²) in [6, 6.07) is 3.84. The quantitative estimate of drug-likeness (QED) is 0.855. The molecule has 0 unspecified atom stereocenters. The van der Waals surface area contributed by atoms with Crippen molar-refractivity contribution < 1.29 is 4.79 Å². The molecule has 21 heavy (non-hydrogen) atoms. The number of fused-ring (bicyclic) bond motifs is 1. The maximum Gasteiger partial charge on any atom is 0.263 e. The van der Waals surface area contributed by atoms with Crippen LogP contribution >= 0.6 is 11.3 Å². The van der Waals surface area contributed by atoms with Crippen molar-refractivity contribution in [2.75, 3.05) is 13.1 Å². The predicted molar refractivity (Wildman–Crippen MR) is 80.5 cm³/mol. The maximum absolute atomic E-state index is 12.3. The van der Waals surface area contributed by atoms with Crippen LogP contribution in [0.3, 0.4) is 0 Å². The molecule has 2 aliphatic rings. The number of amides is 1. The molecule has 1 fully saturated rings. The molecular weight excluding hydrogens is 284 g/mol. The van der Waals surface area contributed by atoms with E-state index >= 15 is 0 Å². The van der Waals surface area contributed by atoms with E-state index in [1.807, 2.05) is 22.4 Å². The molecule has 110 valence electrons. The average Bonchev–Trinajstić information content (AvgIpc) is 3.24. The molecule has 0 aliphatic carbocycles. The lowest BCUT2D eigenvalue weighted by Gasteiger charge is -2.31. The van der Waals surface area contributed by atoms with Crippen LogP contribution in [0.1, 0.15) is 46.5 Å². The minimum absolute atomic E-state index is 0.176. The Bertz CT molecular complexity index is 641. The molecule has 2 aromatic rings. The fourth-order valence-corrected chi connectivity index (χ4v) is 4.06. The second-order valence-electron chi connectivity index (χ2n) is 5.77. The Morgan fingerprint density at radius 2 is 2.10 bits per heavy atom. The Hall–Kier alpha value is -1.69. The predicted octanol–water partition coefficient (Wildman–Crippen LogP) is 2.31. The van der Waals surface area contributed by atoms with Gasteiger partial charge in [0, 0.05) is 32.0 Å². The SMILES string of the molecule is O=C(c1cccs1)N1CCC(c2nnc3n2CCC3)CC1. The van der Waals surface area contributed by atoms with Crippen molar-refractivity contribution >= 4 is 17.2 Å². The van der Waals surface area contributed by atoms with Gasteiger partial charge >= 0.3 is 0 Å². The highest BCUT2D eigenvalue weighted by Crippen LogP contribution is 2.30. The number of likely N-dealkylation sites (tertiary alicyclic amines) is 1. The highest BCUT2D eigenvalue weighted by molar-refractivity contribution is 7.12. The van der Waals surface area contributed by atoms with Crippen molar-refractivity contribution in [3.63, 3.8) is 0 Å². The summed E-state index contributed by atoms with van der Waals surface area (Å²) in [5.41, 5.74) is 0. The standard InChI is InChI=1S/C15H18N4OS/c20-15(12-3-2-10-21-12)18-8-5-11(6-9-18)14-17-16-13-4-1-7-19(13)14/h2-3,10-11H,1,4-9H2. The number of nitrogens with zero attached hydrogens (tertiary/aromatic N) is 4. The summed E-state index contributed by atoms with van der Waals surface area (Å²) < 4.78 is 2.29. The summed E-state index contributed by atoms with van der Waals surface area (Å²) in [6.45, 7) is 2.71. The average molecular weight is 302 g/mol. The summed E-state index contributed by atoms with van der Waals surface area (Å²) in [4.78, 5) is 15.2. The number of hydrogen-bond acceptors (Lipinski definition) is 4. The first-order valence-electron chi connectivity index (χ1n) is 7.57. The first-order valence-corrected chi connectivity index (χ1v) is 8.45. The zero-order chi connectivity index (χ0) is 14.2. The number of thiophene rings is 1. The van der Waals surface area contributed by atoms with Gasteiger partial charge in [-0.05, 0) is 30.7 Å². The first kappa shape index (κ1) is 13.0. The molecule has 0 saturated carbocycles. The van der Waals surface area contributed by atoms with E-state index in [-0.39, 0.29) is 5.91 Å². The number of hydrogen-bond donors (Lipinski definition) is 0. The molecular formula is C15H18N4OS. The van der Waals surface area contributed by atoms with Crippen LogP contribution in [-0.4, -0.2) is 38.7 Å². The third-order valence-corrected chi connectivity index (χ3v) is 5.38. The van der Waals surface area contributed by atoms with Gasteiger partial charge in [0.2, 0.25) is 0 Å². The van der Waals surface area contributed by atoms with E-state index < -0.39 is 0 Å². The molecule has 2 aromatic heterocycles. The molecule has 0 radical (unpaired) electrons. The summed E-state index contributed by atoms with van der Waals surface area (Å²) in [6.07, 6.45) is 4.24. The Balaban J connectivity index is 1.44. The lowest BCUT2D eigenvalue weighted by Crippen LogP contribution is -2.38. The summed E-state index contributed by atoms with van der Waals surface area (Å²) in [5.74, 6) is 2.92. The Morgan fingerprint density at radius 3 is 2.86 bits per heavy atom. The smallest absolute Gasteiger partial charge is 0.263 e. The monoisotopic (exact) mass is 302 g/mol. The van der Waals surface area contributed by atoms with Gasteiger partial charge < -0.3 is 9.47 Å². The van der Waals surface area contributed by atoms with E-state index in [0.717, 1.165) is 55.4 Å². The van der Waals surface area contributed by atoms with Crippen molar-refractivity contribution in [3.8, 4) is 0 Å². The fraction of sp³-hybridized carbons (Fsp3) is 0.533. The summed E-state index contributed by atoms with van der Waals surface area (Å²) in [5, 5.41) is 10.7. The van der Waals surface area contributed by atoms with Crippen LogP contribution in [0.15, 0.2) is 17.5 Å². The van der Waals surface area contributed by atoms with Crippen LogP contribution in [0.2, 0.25) is 0 Å². The number of aromatic nitrogens is 3. The summed E-state index contributed by atoms with van der Waals surface area (Å²) >= 11 is 1.52. The van der Waals surface area contributed by atoms with Crippen molar-refractivity contribution in [1.82, 2.24) is 19.7 Å². The van der Waals surface area contributed by atoms with Crippen molar-refractivity contribution in [2.24, 2.45) is 0 Å². The molecule has 5 nitrogen and oxygen atoms in total. The molecule has 0 bridgehead atoms. The second kappa shape index (κ2) is 5.26. The highest BCUT2D eigenvalue weighted by Gasteiger charge is 2.29. The van der Waals surface area contributed by atoms with Crippen LogP contribution in [0.5, 0.6) is 0 Å². The van der Waals surface area contributed by atoms with Gasteiger partial charge in [-0.25, -0.2) is 0 Å². The molecule has 4 heterocycles. The highest BCUT2D eigenvalue weighted by atomic mass is 32.1. The van der Waals surface area contributed by atoms with Gasteiger partial charge in [0.1, 0.15) is 11.6 Å². The van der Waals surface area contributed by atoms with Crippen LogP contribution in [0.25, 0.3) is 0 Å². The van der Waals surface area contributed by atoms with E-state index in [4.69, 9.17) is 0 Å². The number of piperidine rings is 1. The number of aryl methyl sites for hydroxylation is 1. The van der Waals surface area contributed by atoms with Crippen LogP contribution in [-0.2, 0) is 13.0 Å². The van der Waals surface area contributed by atoms with Gasteiger partial charge in [0.25, 0.3) is 5.91 Å². The molecule has 1 amide bonds. The zero-order valence-corrected chi connectivity index (χ0v) is 12.7. The molecule has 0 N–H and O–H groups in total. The van der Waals surface area contributed by atoms with E-state index in [1.165, 1.54) is 17.8 Å². The van der Waals surface area contributed by atoms with Gasteiger partial charge in [-0.15, -0.1) is 21.5 Å². The molecule has 0 atom stereocenters. The lowest BCUT2D eigenvalue weighted by atomic mass is 9.96. The number of carbonyl (C=O) groups is 1. The van der Waals surface area contributed by atoms with E-state index in [9.17, 15) is 4.79 Å². The fourth-order valence-electron chi connectivity index (χ4n) is 3.37. The van der Waals surface area contributed by atoms with Crippen LogP contribution in [0.4, 0.5) is 0 Å². The van der Waals surface area contributed by atoms with Gasteiger partial charge in [-0.2, -0.15) is 0 Å².